The van der Waals surface area contributed by atoms with E-state index in [4.69, 9.17) is 0 Å². The van der Waals surface area contributed by atoms with E-state index in [0.717, 1.165) is 13.0 Å². The summed E-state index contributed by atoms with van der Waals surface area (Å²) in [5.74, 6) is 0. The van der Waals surface area contributed by atoms with E-state index in [0.29, 0.717) is 6.04 Å². The van der Waals surface area contributed by atoms with E-state index in [-0.39, 0.29) is 0 Å². The van der Waals surface area contributed by atoms with Crippen LogP contribution >= 0.6 is 0 Å². The van der Waals surface area contributed by atoms with E-state index >= 15 is 0 Å². The molecule has 1 aliphatic carbocycles. The van der Waals surface area contributed by atoms with Crippen molar-refractivity contribution >= 4 is 5.71 Å². The van der Waals surface area contributed by atoms with Crippen LogP contribution in [0.15, 0.2) is 16.1 Å². The van der Waals surface area contributed by atoms with Gasteiger partial charge in [0.05, 0.1) is 6.54 Å². The molecule has 2 nitrogen and oxygen atoms in total. The Labute approximate surface area is 67.4 Å². The second-order valence-corrected chi connectivity index (χ2v) is 3.18. The normalized spacial score (nSPS) is 28.2. The molecule has 60 valence electrons. The molecule has 11 heavy (non-hydrogen) atoms. The van der Waals surface area contributed by atoms with Gasteiger partial charge in [-0.05, 0) is 24.6 Å². The number of nitrogens with one attached hydrogen (secondary N) is 1. The molecule has 0 amide bonds. The molecule has 2 aliphatic rings. The largest absolute Gasteiger partial charge is 0.313 e. The van der Waals surface area contributed by atoms with Crippen molar-refractivity contribution in [1.29, 1.82) is 0 Å². The van der Waals surface area contributed by atoms with Gasteiger partial charge in [-0.25, -0.2) is 0 Å². The van der Waals surface area contributed by atoms with Crippen LogP contribution in [0.2, 0.25) is 0 Å². The number of nitrogens with zero attached hydrogens (tertiary/aromatic N) is 1. The van der Waals surface area contributed by atoms with Gasteiger partial charge < -0.3 is 5.32 Å². The van der Waals surface area contributed by atoms with Gasteiger partial charge in [0.1, 0.15) is 0 Å². The molecule has 0 spiro atoms. The van der Waals surface area contributed by atoms with Gasteiger partial charge in [0.2, 0.25) is 0 Å². The molecule has 2 heteroatoms. The lowest BCUT2D eigenvalue weighted by atomic mass is 9.81. The third-order valence-electron chi connectivity index (χ3n) is 2.67. The highest BCUT2D eigenvalue weighted by Crippen LogP contribution is 2.32. The quantitative estimate of drug-likeness (QED) is 0.627. The Kier molecular flexibility index (Phi) is 1.57. The van der Waals surface area contributed by atoms with Crippen LogP contribution in [0.3, 0.4) is 0 Å². The summed E-state index contributed by atoms with van der Waals surface area (Å²) in [5, 5.41) is 3.30. The van der Waals surface area contributed by atoms with Crippen LogP contribution in [0.25, 0.3) is 0 Å². The maximum absolute atomic E-state index is 4.46. The Hall–Kier alpha value is -0.630. The molecule has 1 atom stereocenters. The van der Waals surface area contributed by atoms with Crippen molar-refractivity contribution in [3.05, 3.63) is 11.1 Å². The van der Waals surface area contributed by atoms with Gasteiger partial charge in [0.25, 0.3) is 0 Å². The Morgan fingerprint density at radius 1 is 1.64 bits per heavy atom. The highest BCUT2D eigenvalue weighted by Gasteiger charge is 2.34. The van der Waals surface area contributed by atoms with Gasteiger partial charge in [0.15, 0.2) is 0 Å². The number of fused-ring (bicyclic) bond motifs is 1. The molecule has 0 aromatic carbocycles. The summed E-state index contributed by atoms with van der Waals surface area (Å²) in [5.41, 5.74) is 4.43. The zero-order chi connectivity index (χ0) is 7.84. The fraction of sp³-hybridized carbons (Fsp3) is 0.667. The van der Waals surface area contributed by atoms with E-state index < -0.39 is 0 Å². The first-order valence-electron chi connectivity index (χ1n) is 4.29. The van der Waals surface area contributed by atoms with Crippen LogP contribution < -0.4 is 5.32 Å². The molecule has 0 radical (unpaired) electrons. The minimum Gasteiger partial charge on any atom is -0.313 e. The molecule has 0 aromatic rings. The maximum atomic E-state index is 4.46. The number of aliphatic imine (C=N–C) groups is 1. The highest BCUT2D eigenvalue weighted by atomic mass is 14.9. The third kappa shape index (κ3) is 0.857. The van der Waals surface area contributed by atoms with Crippen LogP contribution in [0, 0.1) is 0 Å². The van der Waals surface area contributed by atoms with E-state index in [9.17, 15) is 0 Å². The Morgan fingerprint density at radius 2 is 2.45 bits per heavy atom. The predicted octanol–water partition coefficient (Wildman–Crippen LogP) is 1.14. The number of rotatable bonds is 2. The number of hydrogen-bond acceptors (Lipinski definition) is 2. The zero-order valence-corrected chi connectivity index (χ0v) is 7.15. The summed E-state index contributed by atoms with van der Waals surface area (Å²) in [6.45, 7) is 3.19. The van der Waals surface area contributed by atoms with Crippen molar-refractivity contribution in [3.8, 4) is 0 Å². The number of hydrogen-bond donors (Lipinski definition) is 1. The van der Waals surface area contributed by atoms with Gasteiger partial charge in [-0.3, -0.25) is 4.99 Å². The number of likely N-dealkylation sites (N-methyl/N-ethyl adjacent to an activating group) is 1. The first kappa shape index (κ1) is 7.04. The SMILES string of the molecule is CCC1=C2C(=NC1)CC2NC. The molecule has 1 N–H and O–H groups in total. The lowest BCUT2D eigenvalue weighted by Gasteiger charge is -2.30. The summed E-state index contributed by atoms with van der Waals surface area (Å²) in [6.07, 6.45) is 2.32. The minimum absolute atomic E-state index is 0.617. The second-order valence-electron chi connectivity index (χ2n) is 3.18. The molecule has 1 saturated carbocycles. The molecule has 1 aliphatic heterocycles. The van der Waals surface area contributed by atoms with Gasteiger partial charge in [-0.2, -0.15) is 0 Å². The molecule has 0 saturated heterocycles. The zero-order valence-electron chi connectivity index (χ0n) is 7.15. The third-order valence-corrected chi connectivity index (χ3v) is 2.67. The Morgan fingerprint density at radius 3 is 3.09 bits per heavy atom. The summed E-state index contributed by atoms with van der Waals surface area (Å²) in [7, 11) is 2.03. The van der Waals surface area contributed by atoms with Crippen LogP contribution in [0.1, 0.15) is 19.8 Å². The molecular weight excluding hydrogens is 136 g/mol. The Balaban J connectivity index is 2.22. The fourth-order valence-corrected chi connectivity index (χ4v) is 1.90. The first-order valence-corrected chi connectivity index (χ1v) is 4.29. The van der Waals surface area contributed by atoms with Crippen molar-refractivity contribution in [1.82, 2.24) is 5.32 Å². The van der Waals surface area contributed by atoms with Gasteiger partial charge in [-0.1, -0.05) is 6.92 Å². The van der Waals surface area contributed by atoms with Gasteiger partial charge >= 0.3 is 0 Å². The summed E-state index contributed by atoms with van der Waals surface area (Å²) in [4.78, 5) is 4.46. The topological polar surface area (TPSA) is 24.4 Å². The lowest BCUT2D eigenvalue weighted by molar-refractivity contribution is 0.629. The molecule has 0 aromatic heterocycles. The first-order chi connectivity index (χ1) is 5.36. The average Bonchev–Trinajstić information content (AvgIpc) is 2.29. The van der Waals surface area contributed by atoms with Crippen molar-refractivity contribution in [2.24, 2.45) is 4.99 Å². The standard InChI is InChI=1S/C9H14N2/c1-3-6-5-11-8-4-7(10-2)9(6)8/h7,10H,3-5H2,1-2H3. The van der Waals surface area contributed by atoms with Crippen LogP contribution in [0.4, 0.5) is 0 Å². The van der Waals surface area contributed by atoms with Gasteiger partial charge in [-0.15, -0.1) is 0 Å². The van der Waals surface area contributed by atoms with E-state index in [1.54, 1.807) is 5.57 Å². The van der Waals surface area contributed by atoms with Crippen molar-refractivity contribution in [2.75, 3.05) is 13.6 Å². The molecule has 1 unspecified atom stereocenters. The predicted molar refractivity (Wildman–Crippen MR) is 47.1 cm³/mol. The highest BCUT2D eigenvalue weighted by molar-refractivity contribution is 6.10. The van der Waals surface area contributed by atoms with Crippen LogP contribution in [-0.2, 0) is 0 Å². The average molecular weight is 150 g/mol. The molecule has 0 bridgehead atoms. The molecule has 2 rings (SSSR count). The molecule has 1 heterocycles. The summed E-state index contributed by atoms with van der Waals surface area (Å²) < 4.78 is 0. The van der Waals surface area contributed by atoms with Crippen molar-refractivity contribution in [2.45, 2.75) is 25.8 Å². The Bertz CT molecular complexity index is 238. The van der Waals surface area contributed by atoms with Crippen LogP contribution in [-0.4, -0.2) is 25.3 Å². The smallest absolute Gasteiger partial charge is 0.0609 e. The van der Waals surface area contributed by atoms with Gasteiger partial charge in [0, 0.05) is 18.2 Å². The monoisotopic (exact) mass is 150 g/mol. The van der Waals surface area contributed by atoms with Crippen molar-refractivity contribution < 1.29 is 0 Å². The molecule has 1 fully saturated rings. The summed E-state index contributed by atoms with van der Waals surface area (Å²) >= 11 is 0. The van der Waals surface area contributed by atoms with E-state index in [2.05, 4.69) is 17.2 Å². The van der Waals surface area contributed by atoms with E-state index in [1.807, 2.05) is 7.05 Å². The van der Waals surface area contributed by atoms with Crippen LogP contribution in [0.5, 0.6) is 0 Å². The maximum Gasteiger partial charge on any atom is 0.0609 e. The fourth-order valence-electron chi connectivity index (χ4n) is 1.90. The minimum atomic E-state index is 0.617. The summed E-state index contributed by atoms with van der Waals surface area (Å²) in [6, 6.07) is 0.617. The van der Waals surface area contributed by atoms with E-state index in [1.165, 1.54) is 17.7 Å². The molecular formula is C9H14N2. The van der Waals surface area contributed by atoms with Crippen molar-refractivity contribution in [3.63, 3.8) is 0 Å². The second kappa shape index (κ2) is 2.45. The lowest BCUT2D eigenvalue weighted by Crippen LogP contribution is -2.42.